The second kappa shape index (κ2) is 3.48. The average Bonchev–Trinajstić information content (AvgIpc) is 2.87. The second-order valence-corrected chi connectivity index (χ2v) is 5.84. The van der Waals surface area contributed by atoms with Crippen LogP contribution in [0.3, 0.4) is 0 Å². The van der Waals surface area contributed by atoms with Gasteiger partial charge in [0.15, 0.2) is 0 Å². The maximum Gasteiger partial charge on any atom is 0.341 e. The lowest BCUT2D eigenvalue weighted by Crippen LogP contribution is -2.17. The van der Waals surface area contributed by atoms with Gasteiger partial charge in [0, 0.05) is 16.5 Å². The molecule has 1 saturated heterocycles. The largest absolute Gasteiger partial charge is 0.488 e. The Balaban J connectivity index is 1.85. The number of fused-ring (bicyclic) bond motifs is 5. The number of halogens is 1. The fraction of sp³-hybridized carbons (Fsp3) is 0.462. The van der Waals surface area contributed by atoms with E-state index in [0.29, 0.717) is 17.4 Å². The highest BCUT2D eigenvalue weighted by Crippen LogP contribution is 2.56. The van der Waals surface area contributed by atoms with E-state index in [9.17, 15) is 4.79 Å². The quantitative estimate of drug-likeness (QED) is 0.589. The molecule has 3 unspecified atom stereocenters. The molecule has 2 heterocycles. The molecular formula is C13H11BrO4. The molecule has 4 atom stereocenters. The summed E-state index contributed by atoms with van der Waals surface area (Å²) in [6.07, 6.45) is 1.70. The first-order valence-electron chi connectivity index (χ1n) is 5.93. The first-order valence-corrected chi connectivity index (χ1v) is 6.72. The first kappa shape index (κ1) is 10.8. The number of methoxy groups -OCH3 is 1. The van der Waals surface area contributed by atoms with Gasteiger partial charge in [0.05, 0.1) is 25.2 Å². The Labute approximate surface area is 112 Å². The number of carbonyl (C=O) groups excluding carboxylic acids is 1. The molecule has 0 radical (unpaired) electrons. The Morgan fingerprint density at radius 3 is 3.06 bits per heavy atom. The zero-order chi connectivity index (χ0) is 12.4. The molecule has 0 bridgehead atoms. The first-order chi connectivity index (χ1) is 8.69. The van der Waals surface area contributed by atoms with E-state index in [1.54, 1.807) is 6.07 Å². The lowest BCUT2D eigenvalue weighted by molar-refractivity contribution is 0.0594. The van der Waals surface area contributed by atoms with Crippen LogP contribution in [0.5, 0.6) is 5.75 Å². The van der Waals surface area contributed by atoms with Crippen molar-refractivity contribution in [3.8, 4) is 5.75 Å². The number of ether oxygens (including phenoxy) is 3. The van der Waals surface area contributed by atoms with Crippen molar-refractivity contribution in [1.82, 2.24) is 0 Å². The smallest absolute Gasteiger partial charge is 0.341 e. The molecule has 2 fully saturated rings. The molecule has 1 aliphatic carbocycles. The number of hydrogen-bond acceptors (Lipinski definition) is 4. The van der Waals surface area contributed by atoms with Gasteiger partial charge in [0.2, 0.25) is 0 Å². The van der Waals surface area contributed by atoms with Crippen LogP contribution in [0.2, 0.25) is 0 Å². The third kappa shape index (κ3) is 1.32. The van der Waals surface area contributed by atoms with Gasteiger partial charge in [-0.2, -0.15) is 0 Å². The van der Waals surface area contributed by atoms with E-state index in [4.69, 9.17) is 14.2 Å². The molecule has 5 heteroatoms. The Hall–Kier alpha value is -1.07. The minimum atomic E-state index is -0.360. The Morgan fingerprint density at radius 2 is 2.28 bits per heavy atom. The van der Waals surface area contributed by atoms with Gasteiger partial charge in [-0.25, -0.2) is 4.79 Å². The highest BCUT2D eigenvalue weighted by Gasteiger charge is 2.60. The van der Waals surface area contributed by atoms with Crippen molar-refractivity contribution in [1.29, 1.82) is 0 Å². The molecule has 0 N–H and O–H groups in total. The van der Waals surface area contributed by atoms with E-state index in [2.05, 4.69) is 15.9 Å². The SMILES string of the molecule is COC(=O)c1cc(Br)cc2c1OC1CC3OC3[C@@H]21. The molecule has 4 nitrogen and oxygen atoms in total. The van der Waals surface area contributed by atoms with Crippen LogP contribution in [0.15, 0.2) is 16.6 Å². The fourth-order valence-electron chi connectivity index (χ4n) is 3.15. The molecular weight excluding hydrogens is 300 g/mol. The van der Waals surface area contributed by atoms with Gasteiger partial charge in [-0.05, 0) is 12.1 Å². The van der Waals surface area contributed by atoms with Crippen LogP contribution < -0.4 is 4.74 Å². The van der Waals surface area contributed by atoms with Crippen LogP contribution in [0, 0.1) is 0 Å². The van der Waals surface area contributed by atoms with E-state index < -0.39 is 0 Å². The Morgan fingerprint density at radius 1 is 1.44 bits per heavy atom. The van der Waals surface area contributed by atoms with E-state index in [-0.39, 0.29) is 24.1 Å². The highest BCUT2D eigenvalue weighted by molar-refractivity contribution is 9.10. The fourth-order valence-corrected chi connectivity index (χ4v) is 3.63. The number of esters is 1. The van der Waals surface area contributed by atoms with E-state index in [1.165, 1.54) is 7.11 Å². The topological polar surface area (TPSA) is 48.1 Å². The zero-order valence-corrected chi connectivity index (χ0v) is 11.3. The van der Waals surface area contributed by atoms with Crippen molar-refractivity contribution in [3.63, 3.8) is 0 Å². The summed E-state index contributed by atoms with van der Waals surface area (Å²) in [7, 11) is 1.38. The maximum atomic E-state index is 11.8. The van der Waals surface area contributed by atoms with Crippen LogP contribution in [0.4, 0.5) is 0 Å². The molecule has 4 rings (SSSR count). The molecule has 94 valence electrons. The summed E-state index contributed by atoms with van der Waals surface area (Å²) in [5.74, 6) is 0.584. The lowest BCUT2D eigenvalue weighted by atomic mass is 9.95. The van der Waals surface area contributed by atoms with Crippen LogP contribution in [-0.4, -0.2) is 31.4 Å². The summed E-state index contributed by atoms with van der Waals surface area (Å²) in [6, 6.07) is 3.77. The molecule has 0 amide bonds. The van der Waals surface area contributed by atoms with E-state index in [1.807, 2.05) is 6.07 Å². The summed E-state index contributed by atoms with van der Waals surface area (Å²) in [5.41, 5.74) is 1.56. The summed E-state index contributed by atoms with van der Waals surface area (Å²) in [4.78, 5) is 11.8. The molecule has 18 heavy (non-hydrogen) atoms. The molecule has 0 spiro atoms. The third-order valence-electron chi connectivity index (χ3n) is 3.96. The predicted molar refractivity (Wildman–Crippen MR) is 65.9 cm³/mol. The highest BCUT2D eigenvalue weighted by atomic mass is 79.9. The van der Waals surface area contributed by atoms with E-state index >= 15 is 0 Å². The minimum absolute atomic E-state index is 0.154. The van der Waals surface area contributed by atoms with Crippen molar-refractivity contribution >= 4 is 21.9 Å². The average molecular weight is 311 g/mol. The van der Waals surface area contributed by atoms with Crippen molar-refractivity contribution in [2.24, 2.45) is 0 Å². The molecule has 2 aliphatic heterocycles. The maximum absolute atomic E-state index is 11.8. The lowest BCUT2D eigenvalue weighted by Gasteiger charge is -2.11. The van der Waals surface area contributed by atoms with Crippen molar-refractivity contribution in [2.75, 3.05) is 7.11 Å². The van der Waals surface area contributed by atoms with Gasteiger partial charge < -0.3 is 14.2 Å². The van der Waals surface area contributed by atoms with Crippen LogP contribution in [0.1, 0.15) is 28.3 Å². The molecule has 1 aromatic carbocycles. The summed E-state index contributed by atoms with van der Waals surface area (Å²) >= 11 is 3.44. The van der Waals surface area contributed by atoms with Crippen LogP contribution >= 0.6 is 15.9 Å². The summed E-state index contributed by atoms with van der Waals surface area (Å²) in [5, 5.41) is 0. The third-order valence-corrected chi connectivity index (χ3v) is 4.41. The molecule has 3 aliphatic rings. The number of carbonyl (C=O) groups is 1. The normalized spacial score (nSPS) is 34.3. The van der Waals surface area contributed by atoms with Gasteiger partial charge in [-0.15, -0.1) is 0 Å². The minimum Gasteiger partial charge on any atom is -0.488 e. The predicted octanol–water partition coefficient (Wildman–Crippen LogP) is 2.25. The number of epoxide rings is 1. The summed E-state index contributed by atoms with van der Waals surface area (Å²) in [6.45, 7) is 0. The van der Waals surface area contributed by atoms with Gasteiger partial charge in [-0.1, -0.05) is 15.9 Å². The molecule has 0 aromatic heterocycles. The second-order valence-electron chi connectivity index (χ2n) is 4.92. The number of rotatable bonds is 1. The van der Waals surface area contributed by atoms with Crippen LogP contribution in [0.25, 0.3) is 0 Å². The monoisotopic (exact) mass is 310 g/mol. The van der Waals surface area contributed by atoms with Gasteiger partial charge >= 0.3 is 5.97 Å². The zero-order valence-electron chi connectivity index (χ0n) is 9.68. The van der Waals surface area contributed by atoms with Crippen LogP contribution in [-0.2, 0) is 9.47 Å². The Bertz CT molecular complexity index is 556. The Kier molecular flexibility index (Phi) is 2.09. The van der Waals surface area contributed by atoms with E-state index in [0.717, 1.165) is 16.5 Å². The van der Waals surface area contributed by atoms with Crippen molar-refractivity contribution < 1.29 is 19.0 Å². The van der Waals surface area contributed by atoms with Gasteiger partial charge in [0.25, 0.3) is 0 Å². The van der Waals surface area contributed by atoms with Crippen molar-refractivity contribution in [2.45, 2.75) is 30.7 Å². The van der Waals surface area contributed by atoms with Gasteiger partial charge in [-0.3, -0.25) is 0 Å². The number of hydrogen-bond donors (Lipinski definition) is 0. The standard InChI is InChI=1S/C13H11BrO4/c1-16-13(15)7-3-5(14)2-6-10-8(17-11(6)7)4-9-12(10)18-9/h2-3,8-10,12H,4H2,1H3/t8?,9?,10-,12?/m0/s1. The summed E-state index contributed by atoms with van der Waals surface area (Å²) < 4.78 is 17.2. The molecule has 1 saturated carbocycles. The molecule has 1 aromatic rings. The van der Waals surface area contributed by atoms with Gasteiger partial charge in [0.1, 0.15) is 17.4 Å². The number of benzene rings is 1. The van der Waals surface area contributed by atoms with Crippen molar-refractivity contribution in [3.05, 3.63) is 27.7 Å².